The van der Waals surface area contributed by atoms with Crippen LogP contribution in [0.5, 0.6) is 11.5 Å². The van der Waals surface area contributed by atoms with Crippen molar-refractivity contribution in [2.24, 2.45) is 11.8 Å². The average molecular weight is 449 g/mol. The Balaban J connectivity index is 2.23. The molecule has 0 saturated carbocycles. The van der Waals surface area contributed by atoms with Gasteiger partial charge in [-0.1, -0.05) is 67.4 Å². The van der Waals surface area contributed by atoms with E-state index in [1.807, 2.05) is 6.07 Å². The lowest BCUT2D eigenvalue weighted by Crippen LogP contribution is -2.21. The van der Waals surface area contributed by atoms with Gasteiger partial charge in [0.25, 0.3) is 0 Å². The Morgan fingerprint density at radius 2 is 1.39 bits per heavy atom. The third-order valence-corrected chi connectivity index (χ3v) is 7.92. The van der Waals surface area contributed by atoms with E-state index in [0.717, 1.165) is 68.1 Å². The molecule has 2 N–H and O–H groups in total. The van der Waals surface area contributed by atoms with E-state index < -0.39 is 0 Å². The first-order valence-corrected chi connectivity index (χ1v) is 12.9. The molecule has 180 valence electrons. The molecule has 2 aliphatic rings. The van der Waals surface area contributed by atoms with Gasteiger partial charge in [0.1, 0.15) is 11.5 Å². The number of phenols is 2. The fourth-order valence-corrected chi connectivity index (χ4v) is 6.02. The zero-order valence-corrected chi connectivity index (χ0v) is 21.5. The number of hydrogen-bond donors (Lipinski definition) is 2. The van der Waals surface area contributed by atoms with Crippen LogP contribution in [0.25, 0.3) is 0 Å². The maximum atomic E-state index is 11.9. The fraction of sp³-hybridized carbons (Fsp3) is 0.548. The van der Waals surface area contributed by atoms with Gasteiger partial charge in [0.15, 0.2) is 0 Å². The molecule has 1 aromatic rings. The van der Waals surface area contributed by atoms with Gasteiger partial charge in [0, 0.05) is 23.0 Å². The maximum Gasteiger partial charge on any atom is 0.127 e. The van der Waals surface area contributed by atoms with Gasteiger partial charge < -0.3 is 10.2 Å². The average Bonchev–Trinajstić information content (AvgIpc) is 2.73. The summed E-state index contributed by atoms with van der Waals surface area (Å²) in [6.07, 6.45) is 13.0. The molecule has 0 aliphatic heterocycles. The highest BCUT2D eigenvalue weighted by Gasteiger charge is 2.35. The summed E-state index contributed by atoms with van der Waals surface area (Å²) >= 11 is 0. The van der Waals surface area contributed by atoms with E-state index >= 15 is 0 Å². The largest absolute Gasteiger partial charge is 0.507 e. The van der Waals surface area contributed by atoms with Crippen molar-refractivity contribution in [2.45, 2.75) is 97.8 Å². The molecule has 0 radical (unpaired) electrons. The van der Waals surface area contributed by atoms with E-state index in [0.29, 0.717) is 17.2 Å². The smallest absolute Gasteiger partial charge is 0.127 e. The first kappa shape index (κ1) is 25.4. The highest BCUT2D eigenvalue weighted by molar-refractivity contribution is 5.59. The SMILES string of the molecule is C=C(C)[C@@H]1CCC(C)=C[C@H]1c1c(O)cc(CCCCC)c([C@@H]2C=C(C)CC[C@H]2C(=C)C)c1O. The van der Waals surface area contributed by atoms with E-state index in [9.17, 15) is 10.2 Å². The van der Waals surface area contributed by atoms with Gasteiger partial charge in [-0.2, -0.15) is 0 Å². The summed E-state index contributed by atoms with van der Waals surface area (Å²) in [5, 5.41) is 23.2. The molecule has 1 aromatic carbocycles. The van der Waals surface area contributed by atoms with Gasteiger partial charge in [-0.25, -0.2) is 0 Å². The Hall–Kier alpha value is -2.22. The van der Waals surface area contributed by atoms with Crippen LogP contribution in [0.3, 0.4) is 0 Å². The molecular formula is C31H44O2. The normalized spacial score (nSPS) is 25.4. The molecule has 0 fully saturated rings. The van der Waals surface area contributed by atoms with Crippen LogP contribution in [0.15, 0.2) is 53.7 Å². The van der Waals surface area contributed by atoms with Crippen molar-refractivity contribution in [1.29, 1.82) is 0 Å². The fourth-order valence-electron chi connectivity index (χ4n) is 6.02. The van der Waals surface area contributed by atoms with Crippen LogP contribution in [-0.4, -0.2) is 10.2 Å². The van der Waals surface area contributed by atoms with E-state index in [2.05, 4.69) is 59.9 Å². The molecule has 0 aromatic heterocycles. The summed E-state index contributed by atoms with van der Waals surface area (Å²) in [5.41, 5.74) is 7.77. The lowest BCUT2D eigenvalue weighted by atomic mass is 9.69. The lowest BCUT2D eigenvalue weighted by Gasteiger charge is -2.35. The number of allylic oxidation sites excluding steroid dienone is 6. The Morgan fingerprint density at radius 3 is 1.88 bits per heavy atom. The maximum absolute atomic E-state index is 11.9. The van der Waals surface area contributed by atoms with Gasteiger partial charge in [-0.15, -0.1) is 0 Å². The number of phenolic OH excluding ortho intramolecular Hbond substituents is 2. The Morgan fingerprint density at radius 1 is 0.879 bits per heavy atom. The zero-order valence-electron chi connectivity index (χ0n) is 21.5. The van der Waals surface area contributed by atoms with Gasteiger partial charge in [0.2, 0.25) is 0 Å². The highest BCUT2D eigenvalue weighted by Crippen LogP contribution is 2.52. The molecule has 2 aliphatic carbocycles. The van der Waals surface area contributed by atoms with Crippen LogP contribution in [0.1, 0.15) is 108 Å². The molecule has 0 heterocycles. The predicted octanol–water partition coefficient (Wildman–Crippen LogP) is 8.86. The van der Waals surface area contributed by atoms with Gasteiger partial charge in [0.05, 0.1) is 0 Å². The number of benzene rings is 1. The Bertz CT molecular complexity index is 962. The molecular weight excluding hydrogens is 404 g/mol. The quantitative estimate of drug-likeness (QED) is 0.308. The van der Waals surface area contributed by atoms with Crippen LogP contribution >= 0.6 is 0 Å². The van der Waals surface area contributed by atoms with Crippen LogP contribution < -0.4 is 0 Å². The van der Waals surface area contributed by atoms with Crippen molar-refractivity contribution in [1.82, 2.24) is 0 Å². The van der Waals surface area contributed by atoms with E-state index in [1.165, 1.54) is 16.7 Å². The number of rotatable bonds is 8. The predicted molar refractivity (Wildman–Crippen MR) is 141 cm³/mol. The zero-order chi connectivity index (χ0) is 24.3. The van der Waals surface area contributed by atoms with E-state index in [-0.39, 0.29) is 23.5 Å². The Kier molecular flexibility index (Phi) is 8.32. The van der Waals surface area contributed by atoms with Crippen LogP contribution in [0, 0.1) is 11.8 Å². The van der Waals surface area contributed by atoms with Crippen LogP contribution in [-0.2, 0) is 6.42 Å². The summed E-state index contributed by atoms with van der Waals surface area (Å²) in [7, 11) is 0. The number of hydrogen-bond acceptors (Lipinski definition) is 2. The van der Waals surface area contributed by atoms with Gasteiger partial charge >= 0.3 is 0 Å². The molecule has 0 unspecified atom stereocenters. The molecule has 3 rings (SSSR count). The monoisotopic (exact) mass is 448 g/mol. The minimum atomic E-state index is -0.0448. The molecule has 0 bridgehead atoms. The summed E-state index contributed by atoms with van der Waals surface area (Å²) in [6.45, 7) is 19.3. The molecule has 33 heavy (non-hydrogen) atoms. The molecule has 4 atom stereocenters. The minimum Gasteiger partial charge on any atom is -0.507 e. The van der Waals surface area contributed by atoms with Crippen LogP contribution in [0.4, 0.5) is 0 Å². The standard InChI is InChI=1S/C31H44O2/c1-8-9-10-11-23-18-28(32)30(27-17-22(7)13-15-25(27)20(4)5)31(33)29(23)26-16-21(6)12-14-24(26)19(2)3/h16-18,24-27,32-33H,2,4,8-15H2,1,3,5-7H3/t24-,25-,26+,27+/m0/s1. The van der Waals surface area contributed by atoms with Gasteiger partial charge in [-0.3, -0.25) is 0 Å². The van der Waals surface area contributed by atoms with Gasteiger partial charge in [-0.05, 0) is 89.7 Å². The van der Waals surface area contributed by atoms with Crippen molar-refractivity contribution >= 4 is 0 Å². The highest BCUT2D eigenvalue weighted by atomic mass is 16.3. The minimum absolute atomic E-state index is 0.0448. The van der Waals surface area contributed by atoms with Crippen molar-refractivity contribution < 1.29 is 10.2 Å². The van der Waals surface area contributed by atoms with Crippen LogP contribution in [0.2, 0.25) is 0 Å². The van der Waals surface area contributed by atoms with E-state index in [4.69, 9.17) is 0 Å². The molecule has 0 saturated heterocycles. The molecule has 0 spiro atoms. The second-order valence-electron chi connectivity index (χ2n) is 10.7. The number of unbranched alkanes of at least 4 members (excludes halogenated alkanes) is 2. The Labute approximate surface area is 201 Å². The third kappa shape index (κ3) is 5.48. The lowest BCUT2D eigenvalue weighted by molar-refractivity contribution is 0.393. The van der Waals surface area contributed by atoms with E-state index in [1.54, 1.807) is 0 Å². The summed E-state index contributed by atoms with van der Waals surface area (Å²) in [6, 6.07) is 1.96. The summed E-state index contributed by atoms with van der Waals surface area (Å²) < 4.78 is 0. The third-order valence-electron chi connectivity index (χ3n) is 7.92. The molecule has 0 amide bonds. The second-order valence-corrected chi connectivity index (χ2v) is 10.7. The summed E-state index contributed by atoms with van der Waals surface area (Å²) in [4.78, 5) is 0. The van der Waals surface area contributed by atoms with Crippen molar-refractivity contribution in [3.8, 4) is 11.5 Å². The number of aromatic hydroxyl groups is 2. The second kappa shape index (κ2) is 10.8. The number of aryl methyl sites for hydroxylation is 1. The van der Waals surface area contributed by atoms with Crippen molar-refractivity contribution in [3.63, 3.8) is 0 Å². The molecule has 2 nitrogen and oxygen atoms in total. The topological polar surface area (TPSA) is 40.5 Å². The summed E-state index contributed by atoms with van der Waals surface area (Å²) in [5.74, 6) is 1.12. The van der Waals surface area contributed by atoms with Crippen molar-refractivity contribution in [2.75, 3.05) is 0 Å². The first-order chi connectivity index (χ1) is 15.6. The first-order valence-electron chi connectivity index (χ1n) is 12.9. The van der Waals surface area contributed by atoms with Crippen molar-refractivity contribution in [3.05, 3.63) is 70.4 Å². The molecule has 2 heteroatoms.